The highest BCUT2D eigenvalue weighted by molar-refractivity contribution is 5.94. The topological polar surface area (TPSA) is 97.3 Å². The van der Waals surface area contributed by atoms with Crippen molar-refractivity contribution in [3.63, 3.8) is 0 Å². The average Bonchev–Trinajstić information content (AvgIpc) is 3.14. The van der Waals surface area contributed by atoms with E-state index >= 15 is 0 Å². The maximum atomic E-state index is 13.1. The standard InChI is InChI=1S/C27H31N5O3/c1-28-26(33)24-16-23(30-18-31-24)14-19-6-5-12-32(13-11-19)27(34)21-9-10-22(29-17-21)15-20-7-3-4-8-25(20)35-2/h3-4,7-10,16-19H,5-6,11-15H2,1-2H3,(H,28,33)/t19-/m0/s1. The Balaban J connectivity index is 1.35. The second-order valence-corrected chi connectivity index (χ2v) is 8.79. The Hall–Kier alpha value is -3.81. The maximum absolute atomic E-state index is 13.1. The number of ether oxygens (including phenoxy) is 1. The highest BCUT2D eigenvalue weighted by Crippen LogP contribution is 2.23. The Kier molecular flexibility index (Phi) is 8.03. The van der Waals surface area contributed by atoms with Crippen molar-refractivity contribution >= 4 is 11.8 Å². The molecular weight excluding hydrogens is 442 g/mol. The van der Waals surface area contributed by atoms with Crippen molar-refractivity contribution in [2.75, 3.05) is 27.2 Å². The zero-order chi connectivity index (χ0) is 24.6. The number of hydrogen-bond acceptors (Lipinski definition) is 6. The molecule has 0 unspecified atom stereocenters. The largest absolute Gasteiger partial charge is 0.496 e. The number of aromatic nitrogens is 3. The molecule has 3 heterocycles. The van der Waals surface area contributed by atoms with Crippen LogP contribution in [-0.4, -0.2) is 58.9 Å². The number of rotatable bonds is 7. The number of nitrogens with zero attached hydrogens (tertiary/aromatic N) is 4. The second-order valence-electron chi connectivity index (χ2n) is 8.79. The lowest BCUT2D eigenvalue weighted by Gasteiger charge is -2.20. The van der Waals surface area contributed by atoms with Crippen LogP contribution in [-0.2, 0) is 12.8 Å². The van der Waals surface area contributed by atoms with Gasteiger partial charge in [-0.25, -0.2) is 9.97 Å². The fourth-order valence-corrected chi connectivity index (χ4v) is 4.51. The average molecular weight is 474 g/mol. The summed E-state index contributed by atoms with van der Waals surface area (Å²) in [5.41, 5.74) is 3.80. The van der Waals surface area contributed by atoms with E-state index in [1.807, 2.05) is 41.3 Å². The number of likely N-dealkylation sites (tertiary alicyclic amines) is 1. The zero-order valence-corrected chi connectivity index (χ0v) is 20.2. The molecule has 1 atom stereocenters. The lowest BCUT2D eigenvalue weighted by molar-refractivity contribution is 0.0759. The summed E-state index contributed by atoms with van der Waals surface area (Å²) in [4.78, 5) is 39.8. The Bertz CT molecular complexity index is 1170. The van der Waals surface area contributed by atoms with E-state index in [0.29, 0.717) is 30.1 Å². The Morgan fingerprint density at radius 1 is 1.06 bits per heavy atom. The van der Waals surface area contributed by atoms with Gasteiger partial charge in [-0.05, 0) is 55.9 Å². The molecule has 0 radical (unpaired) electrons. The van der Waals surface area contributed by atoms with Gasteiger partial charge in [-0.3, -0.25) is 14.6 Å². The molecule has 182 valence electrons. The molecule has 1 fully saturated rings. The predicted octanol–water partition coefficient (Wildman–Crippen LogP) is 3.32. The number of carbonyl (C=O) groups excluding carboxylic acids is 2. The van der Waals surface area contributed by atoms with E-state index in [1.54, 1.807) is 26.4 Å². The van der Waals surface area contributed by atoms with E-state index in [2.05, 4.69) is 20.3 Å². The van der Waals surface area contributed by atoms with E-state index in [4.69, 9.17) is 4.74 Å². The fraction of sp³-hybridized carbons (Fsp3) is 0.370. The highest BCUT2D eigenvalue weighted by atomic mass is 16.5. The molecule has 2 aromatic heterocycles. The molecule has 4 rings (SSSR count). The second kappa shape index (κ2) is 11.6. The number of benzene rings is 1. The molecule has 1 aliphatic rings. The van der Waals surface area contributed by atoms with Gasteiger partial charge in [0.05, 0.1) is 12.7 Å². The normalized spacial score (nSPS) is 15.8. The molecule has 1 saturated heterocycles. The monoisotopic (exact) mass is 473 g/mol. The molecule has 8 nitrogen and oxygen atoms in total. The van der Waals surface area contributed by atoms with Crippen LogP contribution in [0.25, 0.3) is 0 Å². The van der Waals surface area contributed by atoms with E-state index < -0.39 is 0 Å². The molecule has 1 N–H and O–H groups in total. The number of carbonyl (C=O) groups is 2. The smallest absolute Gasteiger partial charge is 0.269 e. The van der Waals surface area contributed by atoms with Crippen LogP contribution in [0.1, 0.15) is 57.1 Å². The summed E-state index contributed by atoms with van der Waals surface area (Å²) >= 11 is 0. The van der Waals surface area contributed by atoms with Gasteiger partial charge < -0.3 is 15.0 Å². The van der Waals surface area contributed by atoms with Crippen LogP contribution in [0, 0.1) is 5.92 Å². The van der Waals surface area contributed by atoms with Crippen molar-refractivity contribution < 1.29 is 14.3 Å². The summed E-state index contributed by atoms with van der Waals surface area (Å²) in [5, 5.41) is 2.59. The number of para-hydroxylation sites is 1. The van der Waals surface area contributed by atoms with Crippen molar-refractivity contribution in [1.82, 2.24) is 25.2 Å². The third-order valence-corrected chi connectivity index (χ3v) is 6.45. The van der Waals surface area contributed by atoms with Gasteiger partial charge in [0.15, 0.2) is 0 Å². The van der Waals surface area contributed by atoms with Crippen molar-refractivity contribution in [3.8, 4) is 5.75 Å². The third kappa shape index (κ3) is 6.20. The summed E-state index contributed by atoms with van der Waals surface area (Å²) in [6.45, 7) is 1.42. The fourth-order valence-electron chi connectivity index (χ4n) is 4.51. The number of pyridine rings is 1. The summed E-state index contributed by atoms with van der Waals surface area (Å²) in [5.74, 6) is 1.04. The van der Waals surface area contributed by atoms with Gasteiger partial charge in [0, 0.05) is 49.7 Å². The van der Waals surface area contributed by atoms with Gasteiger partial charge >= 0.3 is 0 Å². The first kappa shape index (κ1) is 24.3. The molecule has 35 heavy (non-hydrogen) atoms. The van der Waals surface area contributed by atoms with Gasteiger partial charge in [-0.2, -0.15) is 0 Å². The molecule has 0 spiro atoms. The van der Waals surface area contributed by atoms with Crippen molar-refractivity contribution in [3.05, 3.63) is 83.2 Å². The molecule has 2 amide bonds. The van der Waals surface area contributed by atoms with Gasteiger partial charge in [0.1, 0.15) is 17.8 Å². The molecule has 0 saturated carbocycles. The minimum Gasteiger partial charge on any atom is -0.496 e. The van der Waals surface area contributed by atoms with Gasteiger partial charge in [-0.15, -0.1) is 0 Å². The number of hydrogen-bond donors (Lipinski definition) is 1. The lowest BCUT2D eigenvalue weighted by atomic mass is 9.95. The molecule has 8 heteroatoms. The van der Waals surface area contributed by atoms with E-state index in [9.17, 15) is 9.59 Å². The van der Waals surface area contributed by atoms with E-state index in [1.165, 1.54) is 6.33 Å². The first-order valence-electron chi connectivity index (χ1n) is 12.0. The van der Waals surface area contributed by atoms with Crippen molar-refractivity contribution in [2.24, 2.45) is 5.92 Å². The zero-order valence-electron chi connectivity index (χ0n) is 20.2. The number of amides is 2. The predicted molar refractivity (Wildman–Crippen MR) is 132 cm³/mol. The van der Waals surface area contributed by atoms with Gasteiger partial charge in [0.25, 0.3) is 11.8 Å². The Morgan fingerprint density at radius 3 is 2.69 bits per heavy atom. The van der Waals surface area contributed by atoms with Crippen LogP contribution in [0.4, 0.5) is 0 Å². The number of methoxy groups -OCH3 is 1. The molecular formula is C27H31N5O3. The van der Waals surface area contributed by atoms with E-state index in [0.717, 1.165) is 54.9 Å². The lowest BCUT2D eigenvalue weighted by Crippen LogP contribution is -2.32. The minimum absolute atomic E-state index is 0.0194. The molecule has 0 aliphatic carbocycles. The highest BCUT2D eigenvalue weighted by Gasteiger charge is 2.23. The third-order valence-electron chi connectivity index (χ3n) is 6.45. The first-order chi connectivity index (χ1) is 17.1. The molecule has 0 bridgehead atoms. The first-order valence-corrected chi connectivity index (χ1v) is 12.0. The summed E-state index contributed by atoms with van der Waals surface area (Å²) in [6, 6.07) is 13.4. The molecule has 1 aliphatic heterocycles. The van der Waals surface area contributed by atoms with Crippen LogP contribution in [0.3, 0.4) is 0 Å². The molecule has 1 aromatic carbocycles. The maximum Gasteiger partial charge on any atom is 0.269 e. The van der Waals surface area contributed by atoms with Crippen LogP contribution >= 0.6 is 0 Å². The SMILES string of the molecule is CNC(=O)c1cc(C[C@H]2CCCN(C(=O)c3ccc(Cc4ccccc4OC)nc3)CC2)ncn1. The Labute approximate surface area is 205 Å². The van der Waals surface area contributed by atoms with Gasteiger partial charge in [-0.1, -0.05) is 18.2 Å². The summed E-state index contributed by atoms with van der Waals surface area (Å²) in [6.07, 6.45) is 7.38. The van der Waals surface area contributed by atoms with Crippen LogP contribution in [0.5, 0.6) is 5.75 Å². The summed E-state index contributed by atoms with van der Waals surface area (Å²) in [7, 11) is 3.25. The van der Waals surface area contributed by atoms with Crippen LogP contribution in [0.15, 0.2) is 55.0 Å². The number of nitrogens with one attached hydrogen (secondary N) is 1. The van der Waals surface area contributed by atoms with Gasteiger partial charge in [0.2, 0.25) is 0 Å². The van der Waals surface area contributed by atoms with Crippen LogP contribution in [0.2, 0.25) is 0 Å². The van der Waals surface area contributed by atoms with Crippen LogP contribution < -0.4 is 10.1 Å². The quantitative estimate of drug-likeness (QED) is 0.565. The van der Waals surface area contributed by atoms with Crippen molar-refractivity contribution in [1.29, 1.82) is 0 Å². The Morgan fingerprint density at radius 2 is 1.91 bits per heavy atom. The summed E-state index contributed by atoms with van der Waals surface area (Å²) < 4.78 is 5.42. The van der Waals surface area contributed by atoms with Crippen molar-refractivity contribution in [2.45, 2.75) is 32.1 Å². The molecule has 3 aromatic rings. The minimum atomic E-state index is -0.214. The van der Waals surface area contributed by atoms with E-state index in [-0.39, 0.29) is 11.8 Å².